The molecular weight excluding hydrogens is 502 g/mol. The van der Waals surface area contributed by atoms with Gasteiger partial charge in [-0.1, -0.05) is 72.1 Å². The van der Waals surface area contributed by atoms with Gasteiger partial charge in [0, 0.05) is 41.6 Å². The first kappa shape index (κ1) is 26.7. The first-order chi connectivity index (χ1) is 16.9. The Kier molecular flexibility index (Phi) is 10.2. The monoisotopic (exact) mass is 537 g/mol. The highest BCUT2D eigenvalue weighted by Gasteiger charge is 2.22. The summed E-state index contributed by atoms with van der Waals surface area (Å²) in [5.41, 5.74) is 4.16. The van der Waals surface area contributed by atoms with Gasteiger partial charge in [-0.25, -0.2) is 0 Å². The van der Waals surface area contributed by atoms with Gasteiger partial charge in [-0.3, -0.25) is 9.59 Å². The molecule has 0 spiro atoms. The zero-order valence-electron chi connectivity index (χ0n) is 21.0. The summed E-state index contributed by atoms with van der Waals surface area (Å²) >= 11 is 3.44. The summed E-state index contributed by atoms with van der Waals surface area (Å²) in [5, 5.41) is 0. The number of unbranched alkanes of at least 4 members (excludes halogenated alkanes) is 1. The summed E-state index contributed by atoms with van der Waals surface area (Å²) in [7, 11) is 0. The third-order valence-electron chi connectivity index (χ3n) is 6.02. The first-order valence-electron chi connectivity index (χ1n) is 12.4. The van der Waals surface area contributed by atoms with E-state index in [1.54, 1.807) is 11.0 Å². The number of amides is 2. The zero-order valence-corrected chi connectivity index (χ0v) is 22.6. The molecule has 0 saturated carbocycles. The highest BCUT2D eigenvalue weighted by molar-refractivity contribution is 9.10. The Morgan fingerprint density at radius 2 is 1.71 bits per heavy atom. The summed E-state index contributed by atoms with van der Waals surface area (Å²) in [6.45, 7) is 8.86. The number of halogens is 1. The Morgan fingerprint density at radius 1 is 0.914 bits per heavy atom. The van der Waals surface area contributed by atoms with E-state index in [1.165, 1.54) is 11.1 Å². The maximum absolute atomic E-state index is 13.5. The SMILES string of the molecule is CCCCN(Cc1cccn1Cc1cccc(C)c1)C(=O)CN(CCC)C(=O)c1cccc(Br)c1. The number of benzene rings is 2. The van der Waals surface area contributed by atoms with Crippen LogP contribution in [0.15, 0.2) is 71.3 Å². The number of hydrogen-bond acceptors (Lipinski definition) is 2. The number of aromatic nitrogens is 1. The maximum atomic E-state index is 13.5. The molecule has 2 amide bonds. The molecule has 6 heteroatoms. The Balaban J connectivity index is 1.75. The van der Waals surface area contributed by atoms with E-state index in [-0.39, 0.29) is 18.4 Å². The van der Waals surface area contributed by atoms with Gasteiger partial charge in [0.1, 0.15) is 6.54 Å². The molecule has 0 radical (unpaired) electrons. The second-order valence-electron chi connectivity index (χ2n) is 9.02. The maximum Gasteiger partial charge on any atom is 0.254 e. The van der Waals surface area contributed by atoms with Crippen LogP contribution in [0.1, 0.15) is 60.3 Å². The van der Waals surface area contributed by atoms with E-state index in [1.807, 2.05) is 36.1 Å². The van der Waals surface area contributed by atoms with Crippen molar-refractivity contribution in [1.82, 2.24) is 14.4 Å². The van der Waals surface area contributed by atoms with Gasteiger partial charge >= 0.3 is 0 Å². The van der Waals surface area contributed by atoms with E-state index in [0.29, 0.717) is 25.2 Å². The minimum absolute atomic E-state index is 0.0152. The molecule has 0 unspecified atom stereocenters. The fourth-order valence-electron chi connectivity index (χ4n) is 4.18. The van der Waals surface area contributed by atoms with Crippen molar-refractivity contribution < 1.29 is 9.59 Å². The van der Waals surface area contributed by atoms with Crippen LogP contribution in [0.5, 0.6) is 0 Å². The summed E-state index contributed by atoms with van der Waals surface area (Å²) < 4.78 is 3.06. The van der Waals surface area contributed by atoms with Crippen molar-refractivity contribution in [3.05, 3.63) is 93.7 Å². The molecule has 0 bridgehead atoms. The second kappa shape index (κ2) is 13.3. The van der Waals surface area contributed by atoms with E-state index in [2.05, 4.69) is 70.9 Å². The molecule has 0 fully saturated rings. The van der Waals surface area contributed by atoms with Crippen molar-refractivity contribution in [1.29, 1.82) is 0 Å². The van der Waals surface area contributed by atoms with Crippen LogP contribution in [0.4, 0.5) is 0 Å². The highest BCUT2D eigenvalue weighted by atomic mass is 79.9. The number of carbonyl (C=O) groups excluding carboxylic acids is 2. The topological polar surface area (TPSA) is 45.6 Å². The average molecular weight is 539 g/mol. The molecular formula is C29H36BrN3O2. The summed E-state index contributed by atoms with van der Waals surface area (Å²) in [6.07, 6.45) is 4.79. The Bertz CT molecular complexity index is 1120. The van der Waals surface area contributed by atoms with Gasteiger partial charge in [-0.15, -0.1) is 0 Å². The summed E-state index contributed by atoms with van der Waals surface area (Å²) in [6, 6.07) is 20.0. The van der Waals surface area contributed by atoms with Gasteiger partial charge in [-0.2, -0.15) is 0 Å². The van der Waals surface area contributed by atoms with Crippen molar-refractivity contribution >= 4 is 27.7 Å². The van der Waals surface area contributed by atoms with Crippen molar-refractivity contribution in [3.63, 3.8) is 0 Å². The quantitative estimate of drug-likeness (QED) is 0.272. The molecule has 1 heterocycles. The number of aryl methyl sites for hydroxylation is 1. The van der Waals surface area contributed by atoms with Crippen molar-refractivity contribution in [2.75, 3.05) is 19.6 Å². The molecule has 0 saturated heterocycles. The largest absolute Gasteiger partial charge is 0.345 e. The third-order valence-corrected chi connectivity index (χ3v) is 6.52. The highest BCUT2D eigenvalue weighted by Crippen LogP contribution is 2.16. The van der Waals surface area contributed by atoms with Crippen LogP contribution in [-0.4, -0.2) is 45.8 Å². The van der Waals surface area contributed by atoms with Crippen molar-refractivity contribution in [2.45, 2.75) is 53.1 Å². The van der Waals surface area contributed by atoms with Gasteiger partial charge in [0.05, 0.1) is 6.54 Å². The molecule has 0 aliphatic heterocycles. The molecule has 1 aromatic heterocycles. The van der Waals surface area contributed by atoms with Gasteiger partial charge in [-0.05, 0) is 55.7 Å². The van der Waals surface area contributed by atoms with Crippen LogP contribution in [0.2, 0.25) is 0 Å². The molecule has 0 N–H and O–H groups in total. The normalized spacial score (nSPS) is 10.9. The molecule has 3 aromatic rings. The van der Waals surface area contributed by atoms with Crippen LogP contribution in [0.25, 0.3) is 0 Å². The first-order valence-corrected chi connectivity index (χ1v) is 13.2. The lowest BCUT2D eigenvalue weighted by molar-refractivity contribution is -0.132. The lowest BCUT2D eigenvalue weighted by atomic mass is 10.1. The second-order valence-corrected chi connectivity index (χ2v) is 9.94. The molecule has 0 aliphatic rings. The minimum atomic E-state index is -0.111. The predicted molar refractivity (Wildman–Crippen MR) is 145 cm³/mol. The number of carbonyl (C=O) groups is 2. The minimum Gasteiger partial charge on any atom is -0.345 e. The predicted octanol–water partition coefficient (Wildman–Crippen LogP) is 6.29. The van der Waals surface area contributed by atoms with Gasteiger partial charge in [0.2, 0.25) is 5.91 Å². The van der Waals surface area contributed by atoms with Gasteiger partial charge in [0.15, 0.2) is 0 Å². The molecule has 186 valence electrons. The summed E-state index contributed by atoms with van der Waals surface area (Å²) in [4.78, 5) is 30.3. The Morgan fingerprint density at radius 3 is 2.43 bits per heavy atom. The summed E-state index contributed by atoms with van der Waals surface area (Å²) in [5.74, 6) is -0.127. The number of nitrogens with zero attached hydrogens (tertiary/aromatic N) is 3. The fraction of sp³-hybridized carbons (Fsp3) is 0.379. The Labute approximate surface area is 217 Å². The lowest BCUT2D eigenvalue weighted by Gasteiger charge is -2.28. The van der Waals surface area contributed by atoms with Crippen LogP contribution in [-0.2, 0) is 17.9 Å². The molecule has 0 atom stereocenters. The van der Waals surface area contributed by atoms with E-state index in [0.717, 1.165) is 36.0 Å². The third kappa shape index (κ3) is 7.82. The zero-order chi connectivity index (χ0) is 25.2. The van der Waals surface area contributed by atoms with E-state index in [9.17, 15) is 9.59 Å². The lowest BCUT2D eigenvalue weighted by Crippen LogP contribution is -2.43. The molecule has 0 aliphatic carbocycles. The molecule has 5 nitrogen and oxygen atoms in total. The van der Waals surface area contributed by atoms with E-state index in [4.69, 9.17) is 0 Å². The van der Waals surface area contributed by atoms with Crippen LogP contribution < -0.4 is 0 Å². The fourth-order valence-corrected chi connectivity index (χ4v) is 4.58. The van der Waals surface area contributed by atoms with E-state index >= 15 is 0 Å². The molecule has 35 heavy (non-hydrogen) atoms. The molecule has 2 aromatic carbocycles. The van der Waals surface area contributed by atoms with Gasteiger partial charge in [0.25, 0.3) is 5.91 Å². The van der Waals surface area contributed by atoms with E-state index < -0.39 is 0 Å². The van der Waals surface area contributed by atoms with Crippen molar-refractivity contribution in [2.24, 2.45) is 0 Å². The van der Waals surface area contributed by atoms with Crippen molar-refractivity contribution in [3.8, 4) is 0 Å². The van der Waals surface area contributed by atoms with Crippen LogP contribution in [0.3, 0.4) is 0 Å². The Hall–Kier alpha value is -2.86. The van der Waals surface area contributed by atoms with Crippen LogP contribution in [0, 0.1) is 6.92 Å². The van der Waals surface area contributed by atoms with Crippen LogP contribution >= 0.6 is 15.9 Å². The smallest absolute Gasteiger partial charge is 0.254 e. The number of rotatable bonds is 12. The molecule has 3 rings (SSSR count). The standard InChI is InChI=1S/C29H36BrN3O2/c1-4-6-16-32(21-27-14-9-17-31(27)20-24-11-7-10-23(3)18-24)28(34)22-33(15-5-2)29(35)25-12-8-13-26(30)19-25/h7-14,17-19H,4-6,15-16,20-22H2,1-3H3. The van der Waals surface area contributed by atoms with Gasteiger partial charge < -0.3 is 14.4 Å². The average Bonchev–Trinajstić information content (AvgIpc) is 3.27. The number of hydrogen-bond donors (Lipinski definition) is 0.